The third-order valence-electron chi connectivity index (χ3n) is 14.2. The largest absolute Gasteiger partial charge is 0.466 e. The van der Waals surface area contributed by atoms with Crippen LogP contribution in [0.4, 0.5) is 0 Å². The summed E-state index contributed by atoms with van der Waals surface area (Å²) in [4.78, 5) is 12.1. The highest BCUT2D eigenvalue weighted by Crippen LogP contribution is 2.18. The van der Waals surface area contributed by atoms with E-state index in [0.29, 0.717) is 19.6 Å². The highest BCUT2D eigenvalue weighted by atomic mass is 16.5. The van der Waals surface area contributed by atoms with Gasteiger partial charge in [0.25, 0.3) is 0 Å². The van der Waals surface area contributed by atoms with Gasteiger partial charge in [0.2, 0.25) is 0 Å². The van der Waals surface area contributed by atoms with E-state index in [9.17, 15) is 4.79 Å². The zero-order valence-corrected chi connectivity index (χ0v) is 44.2. The average molecular weight is 902 g/mol. The van der Waals surface area contributed by atoms with E-state index < -0.39 is 0 Å². The minimum atomic E-state index is 0.0279. The van der Waals surface area contributed by atoms with Gasteiger partial charge in [0.15, 0.2) is 0 Å². The van der Waals surface area contributed by atoms with Gasteiger partial charge in [-0.3, -0.25) is 4.79 Å². The summed E-state index contributed by atoms with van der Waals surface area (Å²) in [6.07, 6.45) is 79.9. The van der Waals surface area contributed by atoms with Crippen LogP contribution in [0, 0.1) is 0 Å². The van der Waals surface area contributed by atoms with Gasteiger partial charge in [0.05, 0.1) is 6.61 Å². The number of aliphatic hydroxyl groups is 1. The predicted molar refractivity (Wildman–Crippen MR) is 287 cm³/mol. The van der Waals surface area contributed by atoms with E-state index >= 15 is 0 Å². The first-order chi connectivity index (χ1) is 31.8. The van der Waals surface area contributed by atoms with Gasteiger partial charge in [-0.2, -0.15) is 0 Å². The van der Waals surface area contributed by atoms with Crippen molar-refractivity contribution >= 4 is 5.97 Å². The van der Waals surface area contributed by atoms with Gasteiger partial charge in [-0.25, -0.2) is 0 Å². The minimum Gasteiger partial charge on any atom is -0.466 e. The van der Waals surface area contributed by atoms with Crippen molar-refractivity contribution in [3.63, 3.8) is 0 Å². The average Bonchev–Trinajstić information content (AvgIpc) is 3.30. The molecule has 3 nitrogen and oxygen atoms in total. The predicted octanol–water partition coefficient (Wildman–Crippen LogP) is 21.6. The molecule has 0 bridgehead atoms. The van der Waals surface area contributed by atoms with Crippen LogP contribution in [0.2, 0.25) is 0 Å². The summed E-state index contributed by atoms with van der Waals surface area (Å²) in [6.45, 7) is 3.29. The van der Waals surface area contributed by atoms with E-state index in [-0.39, 0.29) is 5.97 Å². The Kier molecular flexibility index (Phi) is 59.4. The molecule has 0 fully saturated rings. The maximum atomic E-state index is 12.1. The lowest BCUT2D eigenvalue weighted by molar-refractivity contribution is -0.143. The van der Waals surface area contributed by atoms with Gasteiger partial charge >= 0.3 is 5.97 Å². The number of unbranched alkanes of at least 4 members (excludes halogenated alkanes) is 51. The van der Waals surface area contributed by atoms with E-state index in [4.69, 9.17) is 9.84 Å². The fourth-order valence-corrected chi connectivity index (χ4v) is 9.71. The number of aliphatic hydroxyl groups excluding tert-OH is 1. The summed E-state index contributed by atoms with van der Waals surface area (Å²) in [5, 5.41) is 8.83. The van der Waals surface area contributed by atoms with Crippen molar-refractivity contribution in [2.24, 2.45) is 0 Å². The van der Waals surface area contributed by atoms with Crippen molar-refractivity contribution in [1.82, 2.24) is 0 Å². The first kappa shape index (κ1) is 63.2. The van der Waals surface area contributed by atoms with E-state index in [1.807, 2.05) is 0 Å². The fourth-order valence-electron chi connectivity index (χ4n) is 9.71. The van der Waals surface area contributed by atoms with E-state index in [2.05, 4.69) is 19.1 Å². The maximum Gasteiger partial charge on any atom is 0.305 e. The highest BCUT2D eigenvalue weighted by molar-refractivity contribution is 5.69. The van der Waals surface area contributed by atoms with E-state index in [0.717, 1.165) is 19.3 Å². The molecular weight excluding hydrogens is 781 g/mol. The molecule has 0 spiro atoms. The lowest BCUT2D eigenvalue weighted by Gasteiger charge is -2.06. The summed E-state index contributed by atoms with van der Waals surface area (Å²) in [6, 6.07) is 0. The van der Waals surface area contributed by atoms with Gasteiger partial charge in [0, 0.05) is 13.0 Å². The number of esters is 1. The van der Waals surface area contributed by atoms with Gasteiger partial charge in [-0.1, -0.05) is 321 Å². The Balaban J connectivity index is 3.14. The lowest BCUT2D eigenvalue weighted by atomic mass is 10.0. The Bertz CT molecular complexity index is 852. The SMILES string of the molecule is CCCCCCCCC=CCCCCCCCCCCCC(=O)OCCCCCCCCCCCCCCCCCCCCCCCCCCCCCCCCCCCCCCCO. The molecule has 0 radical (unpaired) electrons. The Morgan fingerprint density at radius 3 is 0.781 bits per heavy atom. The smallest absolute Gasteiger partial charge is 0.305 e. The Hall–Kier alpha value is -0.830. The molecule has 0 aliphatic carbocycles. The molecule has 0 atom stereocenters. The molecule has 0 heterocycles. The van der Waals surface area contributed by atoms with Crippen molar-refractivity contribution < 1.29 is 14.6 Å². The Labute approximate surface area is 404 Å². The van der Waals surface area contributed by atoms with Crippen LogP contribution in [0.3, 0.4) is 0 Å². The molecule has 0 aromatic heterocycles. The molecule has 382 valence electrons. The third-order valence-corrected chi connectivity index (χ3v) is 14.2. The summed E-state index contributed by atoms with van der Waals surface area (Å²) in [7, 11) is 0. The molecule has 0 aliphatic rings. The number of hydrogen-bond donors (Lipinski definition) is 1. The fraction of sp³-hybridized carbons (Fsp3) is 0.951. The van der Waals surface area contributed by atoms with E-state index in [1.54, 1.807) is 0 Å². The molecule has 0 rings (SSSR count). The molecule has 0 unspecified atom stereocenters. The summed E-state index contributed by atoms with van der Waals surface area (Å²) < 4.78 is 5.51. The molecule has 0 aromatic rings. The molecular formula is C61H120O3. The van der Waals surface area contributed by atoms with Crippen molar-refractivity contribution in [1.29, 1.82) is 0 Å². The van der Waals surface area contributed by atoms with Crippen LogP contribution in [-0.4, -0.2) is 24.3 Å². The molecule has 0 saturated heterocycles. The molecule has 0 aliphatic heterocycles. The van der Waals surface area contributed by atoms with Crippen LogP contribution in [0.25, 0.3) is 0 Å². The van der Waals surface area contributed by atoms with Gasteiger partial charge in [-0.05, 0) is 44.9 Å². The standard InChI is InChI=1S/C61H120O3/c1-2-3-4-5-6-7-8-9-10-11-31-34-37-40-43-46-49-52-55-58-61(63)64-60-57-54-51-48-45-42-39-36-33-30-28-26-24-22-20-18-16-14-12-13-15-17-19-21-23-25-27-29-32-35-38-41-44-47-50-53-56-59-62/h9-10,62H,2-8,11-60H2,1H3. The van der Waals surface area contributed by atoms with Crippen LogP contribution in [0.5, 0.6) is 0 Å². The van der Waals surface area contributed by atoms with E-state index in [1.165, 1.54) is 327 Å². The van der Waals surface area contributed by atoms with Crippen molar-refractivity contribution in [2.45, 2.75) is 360 Å². The third kappa shape index (κ3) is 59.2. The zero-order valence-electron chi connectivity index (χ0n) is 44.2. The van der Waals surface area contributed by atoms with Gasteiger partial charge < -0.3 is 9.84 Å². The van der Waals surface area contributed by atoms with Gasteiger partial charge in [0.1, 0.15) is 0 Å². The number of carbonyl (C=O) groups is 1. The molecule has 1 N–H and O–H groups in total. The quantitative estimate of drug-likeness (QED) is 0.0376. The second-order valence-electron chi connectivity index (χ2n) is 20.8. The first-order valence-electron chi connectivity index (χ1n) is 30.2. The number of hydrogen-bond acceptors (Lipinski definition) is 3. The van der Waals surface area contributed by atoms with Crippen molar-refractivity contribution in [3.8, 4) is 0 Å². The number of rotatable bonds is 58. The lowest BCUT2D eigenvalue weighted by Crippen LogP contribution is -2.05. The van der Waals surface area contributed by atoms with Crippen LogP contribution in [0.1, 0.15) is 360 Å². The topological polar surface area (TPSA) is 46.5 Å². The monoisotopic (exact) mass is 901 g/mol. The van der Waals surface area contributed by atoms with Crippen LogP contribution in [-0.2, 0) is 9.53 Å². The van der Waals surface area contributed by atoms with Crippen molar-refractivity contribution in [3.05, 3.63) is 12.2 Å². The summed E-state index contributed by atoms with van der Waals surface area (Å²) in [5.74, 6) is 0.0279. The Morgan fingerprint density at radius 2 is 0.516 bits per heavy atom. The maximum absolute atomic E-state index is 12.1. The van der Waals surface area contributed by atoms with Crippen LogP contribution in [0.15, 0.2) is 12.2 Å². The zero-order chi connectivity index (χ0) is 46.0. The number of carbonyl (C=O) groups excluding carboxylic acids is 1. The first-order valence-corrected chi connectivity index (χ1v) is 30.2. The second-order valence-corrected chi connectivity index (χ2v) is 20.8. The summed E-state index contributed by atoms with van der Waals surface area (Å²) in [5.41, 5.74) is 0. The van der Waals surface area contributed by atoms with Crippen LogP contribution >= 0.6 is 0 Å². The second kappa shape index (κ2) is 60.2. The minimum absolute atomic E-state index is 0.0279. The normalized spacial score (nSPS) is 11.7. The number of ether oxygens (including phenoxy) is 1. The Morgan fingerprint density at radius 1 is 0.297 bits per heavy atom. The molecule has 64 heavy (non-hydrogen) atoms. The van der Waals surface area contributed by atoms with Crippen molar-refractivity contribution in [2.75, 3.05) is 13.2 Å². The highest BCUT2D eigenvalue weighted by Gasteiger charge is 2.03. The summed E-state index contributed by atoms with van der Waals surface area (Å²) >= 11 is 0. The molecule has 0 saturated carbocycles. The molecule has 0 aromatic carbocycles. The molecule has 3 heteroatoms. The number of allylic oxidation sites excluding steroid dienone is 2. The van der Waals surface area contributed by atoms with Gasteiger partial charge in [-0.15, -0.1) is 0 Å². The van der Waals surface area contributed by atoms with Crippen LogP contribution < -0.4 is 0 Å². The molecule has 0 amide bonds.